The van der Waals surface area contributed by atoms with Gasteiger partial charge >= 0.3 is 6.18 Å². The van der Waals surface area contributed by atoms with Crippen LogP contribution in [0.3, 0.4) is 0 Å². The molecule has 0 radical (unpaired) electrons. The maximum absolute atomic E-state index is 12.4. The van der Waals surface area contributed by atoms with E-state index in [0.717, 1.165) is 0 Å². The third-order valence-electron chi connectivity index (χ3n) is 2.59. The molecule has 1 saturated heterocycles. The normalized spacial score (nSPS) is 21.5. The van der Waals surface area contributed by atoms with Crippen molar-refractivity contribution in [1.29, 1.82) is 0 Å². The predicted molar refractivity (Wildman–Crippen MR) is 53.4 cm³/mol. The monoisotopic (exact) mass is 251 g/mol. The van der Waals surface area contributed by atoms with Crippen LogP contribution in [0.4, 0.5) is 19.0 Å². The molecule has 0 spiro atoms. The van der Waals surface area contributed by atoms with E-state index in [1.165, 1.54) is 12.4 Å². The first-order valence-electron chi connectivity index (χ1n) is 4.76. The van der Waals surface area contributed by atoms with Gasteiger partial charge in [-0.05, 0) is 6.42 Å². The Morgan fingerprint density at radius 1 is 1.38 bits per heavy atom. The Kier molecular flexibility index (Phi) is 2.92. The molecule has 0 N–H and O–H groups in total. The van der Waals surface area contributed by atoms with E-state index in [4.69, 9.17) is 11.6 Å². The summed E-state index contributed by atoms with van der Waals surface area (Å²) in [6.45, 7) is 0.286. The molecule has 1 atom stereocenters. The lowest BCUT2D eigenvalue weighted by molar-refractivity contribution is -0.168. The van der Waals surface area contributed by atoms with Crippen LogP contribution in [0.25, 0.3) is 0 Å². The van der Waals surface area contributed by atoms with Crippen molar-refractivity contribution >= 4 is 17.4 Å². The van der Waals surface area contributed by atoms with Gasteiger partial charge in [-0.15, -0.1) is 0 Å². The Labute approximate surface area is 95.2 Å². The van der Waals surface area contributed by atoms with E-state index in [-0.39, 0.29) is 18.1 Å². The first kappa shape index (κ1) is 11.4. The number of hydrogen-bond donors (Lipinski definition) is 0. The Hall–Kier alpha value is -1.04. The Morgan fingerprint density at radius 3 is 2.69 bits per heavy atom. The highest BCUT2D eigenvalue weighted by Gasteiger charge is 2.43. The minimum absolute atomic E-state index is 0.0587. The zero-order chi connectivity index (χ0) is 11.8. The van der Waals surface area contributed by atoms with Crippen LogP contribution in [0.15, 0.2) is 12.4 Å². The Bertz CT molecular complexity index is 383. The number of aromatic nitrogens is 2. The van der Waals surface area contributed by atoms with Crippen LogP contribution >= 0.6 is 11.6 Å². The molecule has 16 heavy (non-hydrogen) atoms. The maximum Gasteiger partial charge on any atom is 0.393 e. The lowest BCUT2D eigenvalue weighted by atomic mass is 10.1. The minimum Gasteiger partial charge on any atom is -0.356 e. The van der Waals surface area contributed by atoms with Crippen molar-refractivity contribution in [2.75, 3.05) is 18.0 Å². The fourth-order valence-corrected chi connectivity index (χ4v) is 1.87. The average Bonchev–Trinajstić information content (AvgIpc) is 2.65. The van der Waals surface area contributed by atoms with Crippen molar-refractivity contribution in [3.8, 4) is 0 Å². The predicted octanol–water partition coefficient (Wildman–Crippen LogP) is 2.52. The van der Waals surface area contributed by atoms with Crippen molar-refractivity contribution in [1.82, 2.24) is 9.97 Å². The van der Waals surface area contributed by atoms with Gasteiger partial charge < -0.3 is 4.90 Å². The van der Waals surface area contributed by atoms with E-state index < -0.39 is 12.1 Å². The van der Waals surface area contributed by atoms with Crippen LogP contribution in [0.1, 0.15) is 6.42 Å². The zero-order valence-electron chi connectivity index (χ0n) is 8.21. The second-order valence-corrected chi connectivity index (χ2v) is 4.06. The summed E-state index contributed by atoms with van der Waals surface area (Å²) in [7, 11) is 0. The van der Waals surface area contributed by atoms with Gasteiger partial charge in [0.1, 0.15) is 17.3 Å². The van der Waals surface area contributed by atoms with Crippen molar-refractivity contribution < 1.29 is 13.2 Å². The molecular formula is C9H9ClF3N3. The van der Waals surface area contributed by atoms with E-state index in [1.54, 1.807) is 4.90 Å². The first-order chi connectivity index (χ1) is 7.47. The summed E-state index contributed by atoms with van der Waals surface area (Å²) in [5.41, 5.74) is 0. The molecule has 88 valence electrons. The number of alkyl halides is 3. The second kappa shape index (κ2) is 4.08. The van der Waals surface area contributed by atoms with Crippen LogP contribution in [-0.4, -0.2) is 29.2 Å². The van der Waals surface area contributed by atoms with Crippen LogP contribution in [0, 0.1) is 5.92 Å². The summed E-state index contributed by atoms with van der Waals surface area (Å²) >= 11 is 5.65. The topological polar surface area (TPSA) is 29.0 Å². The molecule has 0 unspecified atom stereocenters. The third kappa shape index (κ3) is 2.37. The molecule has 1 aromatic heterocycles. The SMILES string of the molecule is FC(F)(F)[C@H]1CCN(c2cc(Cl)ncn2)C1. The van der Waals surface area contributed by atoms with Crippen LogP contribution < -0.4 is 4.90 Å². The molecule has 1 fully saturated rings. The number of nitrogens with zero attached hydrogens (tertiary/aromatic N) is 3. The molecule has 7 heteroatoms. The van der Waals surface area contributed by atoms with Crippen LogP contribution in [0.5, 0.6) is 0 Å². The smallest absolute Gasteiger partial charge is 0.356 e. The largest absolute Gasteiger partial charge is 0.393 e. The molecule has 0 aliphatic carbocycles. The van der Waals surface area contributed by atoms with Crippen molar-refractivity contribution in [3.63, 3.8) is 0 Å². The van der Waals surface area contributed by atoms with Crippen molar-refractivity contribution in [2.45, 2.75) is 12.6 Å². The molecule has 3 nitrogen and oxygen atoms in total. The van der Waals surface area contributed by atoms with Gasteiger partial charge in [0.05, 0.1) is 5.92 Å². The van der Waals surface area contributed by atoms with E-state index in [2.05, 4.69) is 9.97 Å². The standard InChI is InChI=1S/C9H9ClF3N3/c10-7-3-8(15-5-14-7)16-2-1-6(4-16)9(11,12)13/h3,5-6H,1-2,4H2/t6-/m0/s1. The molecule has 0 amide bonds. The molecule has 0 saturated carbocycles. The number of halogens is 4. The van der Waals surface area contributed by atoms with Crippen molar-refractivity contribution in [3.05, 3.63) is 17.5 Å². The first-order valence-corrected chi connectivity index (χ1v) is 5.14. The summed E-state index contributed by atoms with van der Waals surface area (Å²) in [5, 5.41) is 0.237. The summed E-state index contributed by atoms with van der Waals surface area (Å²) in [5.74, 6) is -0.826. The quantitative estimate of drug-likeness (QED) is 0.718. The molecule has 0 aromatic carbocycles. The Balaban J connectivity index is 2.09. The fourth-order valence-electron chi connectivity index (χ4n) is 1.73. The highest BCUT2D eigenvalue weighted by Crippen LogP contribution is 2.34. The maximum atomic E-state index is 12.4. The van der Waals surface area contributed by atoms with Crippen LogP contribution in [0.2, 0.25) is 5.15 Å². The number of anilines is 1. The lowest BCUT2D eigenvalue weighted by Crippen LogP contribution is -2.27. The summed E-state index contributed by atoms with van der Waals surface area (Å²) in [6, 6.07) is 1.47. The van der Waals surface area contributed by atoms with Gasteiger partial charge in [0.15, 0.2) is 0 Å². The summed E-state index contributed by atoms with van der Waals surface area (Å²) in [4.78, 5) is 9.16. The average molecular weight is 252 g/mol. The summed E-state index contributed by atoms with van der Waals surface area (Å²) in [6.07, 6.45) is -2.78. The number of rotatable bonds is 1. The molecule has 1 aromatic rings. The number of hydrogen-bond acceptors (Lipinski definition) is 3. The zero-order valence-corrected chi connectivity index (χ0v) is 8.96. The van der Waals surface area contributed by atoms with Gasteiger partial charge in [-0.2, -0.15) is 13.2 Å². The van der Waals surface area contributed by atoms with E-state index in [1.807, 2.05) is 0 Å². The van der Waals surface area contributed by atoms with E-state index >= 15 is 0 Å². The molecule has 2 rings (SSSR count). The highest BCUT2D eigenvalue weighted by molar-refractivity contribution is 6.29. The molecular weight excluding hydrogens is 243 g/mol. The van der Waals surface area contributed by atoms with Gasteiger partial charge in [0, 0.05) is 19.2 Å². The highest BCUT2D eigenvalue weighted by atomic mass is 35.5. The molecule has 1 aliphatic heterocycles. The van der Waals surface area contributed by atoms with Gasteiger partial charge in [-0.1, -0.05) is 11.6 Å². The molecule has 0 bridgehead atoms. The lowest BCUT2D eigenvalue weighted by Gasteiger charge is -2.18. The summed E-state index contributed by atoms with van der Waals surface area (Å²) < 4.78 is 37.3. The van der Waals surface area contributed by atoms with E-state index in [9.17, 15) is 13.2 Å². The Morgan fingerprint density at radius 2 is 2.12 bits per heavy atom. The van der Waals surface area contributed by atoms with Gasteiger partial charge in [0.25, 0.3) is 0 Å². The minimum atomic E-state index is -4.13. The van der Waals surface area contributed by atoms with Crippen molar-refractivity contribution in [2.24, 2.45) is 5.92 Å². The second-order valence-electron chi connectivity index (χ2n) is 3.67. The molecule has 2 heterocycles. The van der Waals surface area contributed by atoms with Crippen LogP contribution in [-0.2, 0) is 0 Å². The third-order valence-corrected chi connectivity index (χ3v) is 2.80. The van der Waals surface area contributed by atoms with E-state index in [0.29, 0.717) is 12.4 Å². The van der Waals surface area contributed by atoms with Gasteiger partial charge in [-0.25, -0.2) is 9.97 Å². The van der Waals surface area contributed by atoms with Gasteiger partial charge in [-0.3, -0.25) is 0 Å². The fraction of sp³-hybridized carbons (Fsp3) is 0.556. The molecule has 1 aliphatic rings. The van der Waals surface area contributed by atoms with Gasteiger partial charge in [0.2, 0.25) is 0 Å².